The van der Waals surface area contributed by atoms with Crippen LogP contribution >= 0.6 is 12.4 Å². The number of carbonyl (C=O) groups is 1. The third-order valence-electron chi connectivity index (χ3n) is 2.18. The van der Waals surface area contributed by atoms with Crippen molar-refractivity contribution in [1.29, 1.82) is 0 Å². The number of ketones is 1. The van der Waals surface area contributed by atoms with E-state index in [1.807, 2.05) is 0 Å². The first kappa shape index (κ1) is 16.1. The molecule has 0 aliphatic carbocycles. The largest absolute Gasteiger partial charge is 0.493 e. The van der Waals surface area contributed by atoms with Gasteiger partial charge in [0.2, 0.25) is 0 Å². The van der Waals surface area contributed by atoms with Crippen molar-refractivity contribution < 1.29 is 19.2 Å². The van der Waals surface area contributed by atoms with Crippen LogP contribution in [0, 0.1) is 10.1 Å². The number of benzene rings is 1. The average Bonchev–Trinajstić information content (AvgIpc) is 2.35. The zero-order valence-electron chi connectivity index (χ0n) is 9.84. The van der Waals surface area contributed by atoms with Gasteiger partial charge in [-0.05, 0) is 0 Å². The molecule has 2 N–H and O–H groups in total. The molecular formula is C10H13ClN2O5. The molecule has 8 heteroatoms. The lowest BCUT2D eigenvalue weighted by Gasteiger charge is -2.09. The quantitative estimate of drug-likeness (QED) is 0.492. The number of nitro groups is 1. The fraction of sp³-hybridized carbons (Fsp3) is 0.300. The van der Waals surface area contributed by atoms with Gasteiger partial charge >= 0.3 is 0 Å². The van der Waals surface area contributed by atoms with Crippen LogP contribution in [0.5, 0.6) is 11.5 Å². The van der Waals surface area contributed by atoms with Gasteiger partial charge in [0.25, 0.3) is 5.69 Å². The van der Waals surface area contributed by atoms with Crippen molar-refractivity contribution in [3.8, 4) is 11.5 Å². The maximum absolute atomic E-state index is 11.5. The molecular weight excluding hydrogens is 264 g/mol. The van der Waals surface area contributed by atoms with Crippen LogP contribution < -0.4 is 15.2 Å². The maximum atomic E-state index is 11.5. The Labute approximate surface area is 109 Å². The van der Waals surface area contributed by atoms with Crippen LogP contribution in [0.25, 0.3) is 0 Å². The molecule has 18 heavy (non-hydrogen) atoms. The molecule has 0 aliphatic rings. The molecule has 0 saturated carbocycles. The molecule has 1 rings (SSSR count). The highest BCUT2D eigenvalue weighted by Gasteiger charge is 2.23. The van der Waals surface area contributed by atoms with Crippen molar-refractivity contribution in [2.75, 3.05) is 20.8 Å². The van der Waals surface area contributed by atoms with E-state index in [1.54, 1.807) is 0 Å². The van der Waals surface area contributed by atoms with Gasteiger partial charge in [-0.2, -0.15) is 0 Å². The maximum Gasteiger partial charge on any atom is 0.284 e. The summed E-state index contributed by atoms with van der Waals surface area (Å²) >= 11 is 0. The summed E-state index contributed by atoms with van der Waals surface area (Å²) in [4.78, 5) is 21.6. The van der Waals surface area contributed by atoms with Crippen LogP contribution in [0.3, 0.4) is 0 Å². The number of ether oxygens (including phenoxy) is 2. The van der Waals surface area contributed by atoms with Gasteiger partial charge in [0.05, 0.1) is 31.8 Å². The number of hydrogen-bond donors (Lipinski definition) is 1. The molecule has 0 unspecified atom stereocenters. The number of hydrogen-bond acceptors (Lipinski definition) is 6. The zero-order valence-corrected chi connectivity index (χ0v) is 10.7. The molecule has 1 aromatic carbocycles. The second kappa shape index (κ2) is 6.77. The van der Waals surface area contributed by atoms with E-state index in [9.17, 15) is 14.9 Å². The van der Waals surface area contributed by atoms with Crippen LogP contribution in [0.4, 0.5) is 5.69 Å². The predicted octanol–water partition coefficient (Wildman–Crippen LogP) is 1.18. The summed E-state index contributed by atoms with van der Waals surface area (Å²) < 4.78 is 9.89. The molecule has 0 fully saturated rings. The highest BCUT2D eigenvalue weighted by atomic mass is 35.5. The smallest absolute Gasteiger partial charge is 0.284 e. The van der Waals surface area contributed by atoms with Gasteiger partial charge < -0.3 is 15.2 Å². The first-order valence-electron chi connectivity index (χ1n) is 4.68. The SMILES string of the molecule is COc1cc(C(=O)CN)c([N+](=O)[O-])cc1OC.Cl. The second-order valence-electron chi connectivity index (χ2n) is 3.11. The van der Waals surface area contributed by atoms with Crippen LogP contribution in [-0.2, 0) is 0 Å². The van der Waals surface area contributed by atoms with E-state index in [0.717, 1.165) is 6.07 Å². The van der Waals surface area contributed by atoms with Crippen LogP contribution in [0.2, 0.25) is 0 Å². The van der Waals surface area contributed by atoms with Gasteiger partial charge in [-0.1, -0.05) is 0 Å². The van der Waals surface area contributed by atoms with Crippen molar-refractivity contribution in [1.82, 2.24) is 0 Å². The first-order chi connectivity index (χ1) is 8.04. The Balaban J connectivity index is 0.00000289. The summed E-state index contributed by atoms with van der Waals surface area (Å²) in [5, 5.41) is 10.8. The summed E-state index contributed by atoms with van der Waals surface area (Å²) in [5.74, 6) is -0.0969. The lowest BCUT2D eigenvalue weighted by atomic mass is 10.1. The number of rotatable bonds is 5. The fourth-order valence-electron chi connectivity index (χ4n) is 1.35. The highest BCUT2D eigenvalue weighted by molar-refractivity contribution is 6.01. The Morgan fingerprint density at radius 2 is 1.83 bits per heavy atom. The van der Waals surface area contributed by atoms with Crippen LogP contribution in [0.15, 0.2) is 12.1 Å². The number of nitrogens with zero attached hydrogens (tertiary/aromatic N) is 1. The van der Waals surface area contributed by atoms with Gasteiger partial charge in [0.15, 0.2) is 17.3 Å². The standard InChI is InChI=1S/C10H12N2O5.ClH/c1-16-9-3-6(8(13)5-11)7(12(14)15)4-10(9)17-2;/h3-4H,5,11H2,1-2H3;1H. The van der Waals surface area contributed by atoms with Crippen molar-refractivity contribution in [3.63, 3.8) is 0 Å². The van der Waals surface area contributed by atoms with Crippen molar-refractivity contribution in [2.45, 2.75) is 0 Å². The Hall–Kier alpha value is -1.86. The molecule has 0 bridgehead atoms. The van der Waals surface area contributed by atoms with Gasteiger partial charge in [-0.15, -0.1) is 12.4 Å². The van der Waals surface area contributed by atoms with Gasteiger partial charge in [0, 0.05) is 6.07 Å². The minimum absolute atomic E-state index is 0. The molecule has 0 saturated heterocycles. The molecule has 0 amide bonds. The number of methoxy groups -OCH3 is 2. The van der Waals surface area contributed by atoms with Gasteiger partial charge in [-0.25, -0.2) is 0 Å². The minimum atomic E-state index is -0.662. The predicted molar refractivity (Wildman–Crippen MR) is 66.8 cm³/mol. The van der Waals surface area contributed by atoms with Crippen molar-refractivity contribution in [3.05, 3.63) is 27.8 Å². The first-order valence-corrected chi connectivity index (χ1v) is 4.68. The lowest BCUT2D eigenvalue weighted by Crippen LogP contribution is -2.15. The Morgan fingerprint density at radius 1 is 1.33 bits per heavy atom. The molecule has 0 heterocycles. The minimum Gasteiger partial charge on any atom is -0.493 e. The number of carbonyl (C=O) groups excluding carboxylic acids is 1. The highest BCUT2D eigenvalue weighted by Crippen LogP contribution is 2.34. The third kappa shape index (κ3) is 3.08. The monoisotopic (exact) mass is 276 g/mol. The Bertz CT molecular complexity index is 464. The van der Waals surface area contributed by atoms with E-state index >= 15 is 0 Å². The summed E-state index contributed by atoms with van der Waals surface area (Å²) in [6, 6.07) is 2.40. The Morgan fingerprint density at radius 3 is 2.22 bits per heavy atom. The van der Waals surface area contributed by atoms with E-state index in [0.29, 0.717) is 0 Å². The van der Waals surface area contributed by atoms with E-state index in [1.165, 1.54) is 20.3 Å². The van der Waals surface area contributed by atoms with E-state index in [2.05, 4.69) is 0 Å². The summed E-state index contributed by atoms with van der Waals surface area (Å²) in [6.07, 6.45) is 0. The normalized spacial score (nSPS) is 9.28. The third-order valence-corrected chi connectivity index (χ3v) is 2.18. The lowest BCUT2D eigenvalue weighted by molar-refractivity contribution is -0.385. The van der Waals surface area contributed by atoms with E-state index in [4.69, 9.17) is 15.2 Å². The van der Waals surface area contributed by atoms with Crippen molar-refractivity contribution in [2.24, 2.45) is 5.73 Å². The number of Topliss-reactive ketones (excluding diaryl/α,β-unsaturated/α-hetero) is 1. The second-order valence-corrected chi connectivity index (χ2v) is 3.11. The molecule has 0 atom stereocenters. The average molecular weight is 277 g/mol. The molecule has 0 aromatic heterocycles. The summed E-state index contributed by atoms with van der Waals surface area (Å²) in [7, 11) is 2.73. The molecule has 7 nitrogen and oxygen atoms in total. The summed E-state index contributed by atoms with van der Waals surface area (Å²) in [6.45, 7) is -0.309. The number of halogens is 1. The van der Waals surface area contributed by atoms with Crippen LogP contribution in [0.1, 0.15) is 10.4 Å². The van der Waals surface area contributed by atoms with Crippen LogP contribution in [-0.4, -0.2) is 31.5 Å². The molecule has 0 spiro atoms. The molecule has 100 valence electrons. The molecule has 0 radical (unpaired) electrons. The summed E-state index contributed by atoms with van der Waals surface area (Å²) in [5.41, 5.74) is 4.75. The van der Waals surface area contributed by atoms with E-state index in [-0.39, 0.29) is 41.7 Å². The number of nitrogens with two attached hydrogens (primary N) is 1. The molecule has 0 aliphatic heterocycles. The van der Waals surface area contributed by atoms with Gasteiger partial charge in [-0.3, -0.25) is 14.9 Å². The number of nitro benzene ring substituents is 1. The van der Waals surface area contributed by atoms with Gasteiger partial charge in [0.1, 0.15) is 5.56 Å². The van der Waals surface area contributed by atoms with E-state index < -0.39 is 10.7 Å². The molecule has 1 aromatic rings. The zero-order chi connectivity index (χ0) is 13.0. The van der Waals surface area contributed by atoms with Crippen molar-refractivity contribution >= 4 is 23.9 Å². The topological polar surface area (TPSA) is 105 Å². The fourth-order valence-corrected chi connectivity index (χ4v) is 1.35. The Kier molecular flexibility index (Phi) is 6.07.